The van der Waals surface area contributed by atoms with E-state index in [2.05, 4.69) is 4.98 Å². The number of nitrogens with zero attached hydrogens (tertiary/aromatic N) is 1. The van der Waals surface area contributed by atoms with Crippen LogP contribution < -0.4 is 5.56 Å². The highest BCUT2D eigenvalue weighted by molar-refractivity contribution is 7.71. The number of aromatic amines is 1. The minimum atomic E-state index is -0.347. The van der Waals surface area contributed by atoms with Crippen LogP contribution in [0.5, 0.6) is 0 Å². The van der Waals surface area contributed by atoms with E-state index >= 15 is 0 Å². The molecule has 0 saturated heterocycles. The molecule has 0 fully saturated rings. The van der Waals surface area contributed by atoms with Crippen LogP contribution in [0.3, 0.4) is 0 Å². The molecule has 2 heterocycles. The Hall–Kier alpha value is -1.79. The maximum Gasteiger partial charge on any atom is 0.267 e. The Morgan fingerprint density at radius 3 is 2.55 bits per heavy atom. The predicted molar refractivity (Wildman–Crippen MR) is 82.0 cm³/mol. The third-order valence-corrected chi connectivity index (χ3v) is 4.72. The van der Waals surface area contributed by atoms with Gasteiger partial charge in [-0.15, -0.1) is 11.3 Å². The van der Waals surface area contributed by atoms with Gasteiger partial charge in [-0.25, -0.2) is 4.39 Å². The summed E-state index contributed by atoms with van der Waals surface area (Å²) in [5, 5.41) is 0.644. The Morgan fingerprint density at radius 1 is 1.25 bits per heavy atom. The zero-order valence-electron chi connectivity index (χ0n) is 10.9. The fourth-order valence-electron chi connectivity index (χ4n) is 2.15. The Morgan fingerprint density at radius 2 is 1.90 bits per heavy atom. The summed E-state index contributed by atoms with van der Waals surface area (Å²) in [6.07, 6.45) is 0. The second kappa shape index (κ2) is 4.64. The Labute approximate surface area is 123 Å². The van der Waals surface area contributed by atoms with Crippen LogP contribution in [-0.2, 0) is 0 Å². The standard InChI is InChI=1S/C14H11FN2OS2/c1-7-8(2)20-12-11(7)13(18)17(14(19)16-12)10-5-3-9(15)4-6-10/h3-6H,1-2H3,(H,16,19). The van der Waals surface area contributed by atoms with Gasteiger partial charge in [-0.1, -0.05) is 0 Å². The number of halogens is 1. The van der Waals surface area contributed by atoms with Crippen LogP contribution in [0.25, 0.3) is 15.9 Å². The second-order valence-corrected chi connectivity index (χ2v) is 6.15. The van der Waals surface area contributed by atoms with E-state index in [1.54, 1.807) is 12.1 Å². The minimum absolute atomic E-state index is 0.169. The van der Waals surface area contributed by atoms with E-state index in [0.717, 1.165) is 15.3 Å². The first-order valence-electron chi connectivity index (χ1n) is 6.00. The maximum absolute atomic E-state index is 13.0. The summed E-state index contributed by atoms with van der Waals surface area (Å²) in [6, 6.07) is 5.71. The van der Waals surface area contributed by atoms with Gasteiger partial charge in [0.2, 0.25) is 0 Å². The zero-order chi connectivity index (χ0) is 14.4. The lowest BCUT2D eigenvalue weighted by molar-refractivity contribution is 0.627. The number of nitrogens with one attached hydrogen (secondary N) is 1. The number of H-pyrrole nitrogens is 1. The van der Waals surface area contributed by atoms with E-state index in [1.165, 1.54) is 28.0 Å². The maximum atomic E-state index is 13.0. The van der Waals surface area contributed by atoms with Gasteiger partial charge in [0.05, 0.1) is 11.1 Å². The number of aromatic nitrogens is 2. The van der Waals surface area contributed by atoms with Gasteiger partial charge in [0.25, 0.3) is 5.56 Å². The summed E-state index contributed by atoms with van der Waals surface area (Å²) < 4.78 is 14.7. The van der Waals surface area contributed by atoms with Crippen molar-refractivity contribution >= 4 is 33.8 Å². The molecular weight excluding hydrogens is 295 g/mol. The second-order valence-electron chi connectivity index (χ2n) is 4.53. The molecule has 6 heteroatoms. The van der Waals surface area contributed by atoms with Gasteiger partial charge in [-0.3, -0.25) is 9.36 Å². The topological polar surface area (TPSA) is 37.8 Å². The molecule has 0 saturated carbocycles. The average Bonchev–Trinajstić information content (AvgIpc) is 2.67. The highest BCUT2D eigenvalue weighted by Gasteiger charge is 2.13. The molecule has 102 valence electrons. The molecule has 3 nitrogen and oxygen atoms in total. The summed E-state index contributed by atoms with van der Waals surface area (Å²) in [5.41, 5.74) is 1.34. The van der Waals surface area contributed by atoms with Crippen molar-refractivity contribution in [3.63, 3.8) is 0 Å². The molecule has 0 aliphatic carbocycles. The molecule has 0 radical (unpaired) electrons. The fourth-order valence-corrected chi connectivity index (χ4v) is 3.56. The molecule has 0 spiro atoms. The molecule has 0 bridgehead atoms. The van der Waals surface area contributed by atoms with E-state index < -0.39 is 0 Å². The molecule has 0 aliphatic rings. The van der Waals surface area contributed by atoms with Crippen molar-refractivity contribution in [1.82, 2.24) is 9.55 Å². The van der Waals surface area contributed by atoms with Crippen LogP contribution in [0.1, 0.15) is 10.4 Å². The van der Waals surface area contributed by atoms with Gasteiger partial charge in [-0.2, -0.15) is 0 Å². The largest absolute Gasteiger partial charge is 0.323 e. The third kappa shape index (κ3) is 1.92. The van der Waals surface area contributed by atoms with Crippen LogP contribution in [-0.4, -0.2) is 9.55 Å². The van der Waals surface area contributed by atoms with E-state index in [9.17, 15) is 9.18 Å². The van der Waals surface area contributed by atoms with Gasteiger partial charge in [-0.05, 0) is 55.9 Å². The molecule has 3 rings (SSSR count). The fraction of sp³-hybridized carbons (Fsp3) is 0.143. The van der Waals surface area contributed by atoms with Gasteiger partial charge in [0, 0.05) is 4.88 Å². The van der Waals surface area contributed by atoms with Crippen LogP contribution in [0, 0.1) is 24.4 Å². The molecule has 20 heavy (non-hydrogen) atoms. The Balaban J connectivity index is 2.42. The molecule has 0 amide bonds. The van der Waals surface area contributed by atoms with E-state index in [1.807, 2.05) is 13.8 Å². The summed E-state index contributed by atoms with van der Waals surface area (Å²) in [5.74, 6) is -0.347. The normalized spacial score (nSPS) is 11.2. The SMILES string of the molecule is Cc1sc2[nH]c(=S)n(-c3ccc(F)cc3)c(=O)c2c1C. The van der Waals surface area contributed by atoms with E-state index in [4.69, 9.17) is 12.2 Å². The first kappa shape index (κ1) is 13.2. The van der Waals surface area contributed by atoms with Crippen molar-refractivity contribution in [2.75, 3.05) is 0 Å². The van der Waals surface area contributed by atoms with Crippen LogP contribution in [0.2, 0.25) is 0 Å². The van der Waals surface area contributed by atoms with Crippen LogP contribution in [0.15, 0.2) is 29.1 Å². The molecule has 0 aliphatic heterocycles. The van der Waals surface area contributed by atoms with Crippen molar-refractivity contribution in [2.24, 2.45) is 0 Å². The lowest BCUT2D eigenvalue weighted by Gasteiger charge is -2.06. The number of fused-ring (bicyclic) bond motifs is 1. The van der Waals surface area contributed by atoms with E-state index in [0.29, 0.717) is 15.8 Å². The summed E-state index contributed by atoms with van der Waals surface area (Å²) >= 11 is 6.77. The molecule has 1 N–H and O–H groups in total. The smallest absolute Gasteiger partial charge is 0.267 e. The quantitative estimate of drug-likeness (QED) is 0.693. The molecule has 2 aromatic heterocycles. The summed E-state index contributed by atoms with van der Waals surface area (Å²) in [4.78, 5) is 17.6. The Bertz CT molecular complexity index is 919. The molecule has 0 atom stereocenters. The predicted octanol–water partition coefficient (Wildman–Crippen LogP) is 3.87. The van der Waals surface area contributed by atoms with Gasteiger partial charge in [0.15, 0.2) is 4.77 Å². The average molecular weight is 306 g/mol. The number of hydrogen-bond donors (Lipinski definition) is 1. The number of hydrogen-bond acceptors (Lipinski definition) is 3. The van der Waals surface area contributed by atoms with Crippen molar-refractivity contribution in [2.45, 2.75) is 13.8 Å². The van der Waals surface area contributed by atoms with Crippen molar-refractivity contribution < 1.29 is 4.39 Å². The van der Waals surface area contributed by atoms with Crippen molar-refractivity contribution in [3.8, 4) is 5.69 Å². The first-order valence-corrected chi connectivity index (χ1v) is 7.22. The highest BCUT2D eigenvalue weighted by Crippen LogP contribution is 2.26. The number of thiophene rings is 1. The number of aryl methyl sites for hydroxylation is 2. The number of benzene rings is 1. The zero-order valence-corrected chi connectivity index (χ0v) is 12.5. The minimum Gasteiger partial charge on any atom is -0.323 e. The third-order valence-electron chi connectivity index (χ3n) is 3.31. The van der Waals surface area contributed by atoms with Crippen molar-refractivity contribution in [3.05, 3.63) is 55.6 Å². The van der Waals surface area contributed by atoms with Crippen LogP contribution >= 0.6 is 23.6 Å². The van der Waals surface area contributed by atoms with Gasteiger partial charge in [0.1, 0.15) is 10.6 Å². The van der Waals surface area contributed by atoms with E-state index in [-0.39, 0.29) is 11.4 Å². The lowest BCUT2D eigenvalue weighted by atomic mass is 10.2. The molecular formula is C14H11FN2OS2. The lowest BCUT2D eigenvalue weighted by Crippen LogP contribution is -2.20. The monoisotopic (exact) mass is 306 g/mol. The number of rotatable bonds is 1. The van der Waals surface area contributed by atoms with Gasteiger partial charge >= 0.3 is 0 Å². The molecule has 0 unspecified atom stereocenters. The molecule has 3 aromatic rings. The highest BCUT2D eigenvalue weighted by atomic mass is 32.1. The molecule has 1 aromatic carbocycles. The van der Waals surface area contributed by atoms with Gasteiger partial charge < -0.3 is 4.98 Å². The summed E-state index contributed by atoms with van der Waals surface area (Å²) in [7, 11) is 0. The van der Waals surface area contributed by atoms with Crippen LogP contribution in [0.4, 0.5) is 4.39 Å². The Kier molecular flexibility index (Phi) is 3.07. The van der Waals surface area contributed by atoms with Crippen molar-refractivity contribution in [1.29, 1.82) is 0 Å². The summed E-state index contributed by atoms with van der Waals surface area (Å²) in [6.45, 7) is 3.89. The first-order chi connectivity index (χ1) is 9.49.